The molecule has 3 aliphatic rings. The lowest BCUT2D eigenvalue weighted by Gasteiger charge is -2.39. The molecule has 1 aliphatic carbocycles. The Morgan fingerprint density at radius 2 is 1.84 bits per heavy atom. The van der Waals surface area contributed by atoms with Gasteiger partial charge in [-0.25, -0.2) is 9.37 Å². The first-order chi connectivity index (χ1) is 20.7. The largest absolute Gasteiger partial charge is 0.485 e. The number of carboxylic acids is 1. The van der Waals surface area contributed by atoms with Gasteiger partial charge in [-0.05, 0) is 98.1 Å². The fourth-order valence-electron chi connectivity index (χ4n) is 7.33. The predicted octanol–water partition coefficient (Wildman–Crippen LogP) is 7.94. The molecule has 6 nitrogen and oxygen atoms in total. The molecule has 0 spiro atoms. The highest BCUT2D eigenvalue weighted by Crippen LogP contribution is 2.48. The molecule has 0 amide bonds. The second kappa shape index (κ2) is 12.3. The molecular formula is C36H43FN2O4. The number of aryl methyl sites for hydroxylation is 1. The molecule has 1 unspecified atom stereocenters. The van der Waals surface area contributed by atoms with Crippen LogP contribution in [0.25, 0.3) is 11.1 Å². The molecular weight excluding hydrogens is 543 g/mol. The van der Waals surface area contributed by atoms with Gasteiger partial charge in [0, 0.05) is 30.3 Å². The van der Waals surface area contributed by atoms with Crippen LogP contribution in [0.15, 0.2) is 48.7 Å². The Morgan fingerprint density at radius 3 is 2.53 bits per heavy atom. The van der Waals surface area contributed by atoms with E-state index in [0.29, 0.717) is 29.4 Å². The van der Waals surface area contributed by atoms with Crippen LogP contribution in [-0.2, 0) is 17.8 Å². The normalized spacial score (nSPS) is 23.6. The third-order valence-corrected chi connectivity index (χ3v) is 10.0. The molecule has 7 heteroatoms. The molecule has 43 heavy (non-hydrogen) atoms. The Morgan fingerprint density at radius 1 is 1.07 bits per heavy atom. The Balaban J connectivity index is 1.34. The van der Waals surface area contributed by atoms with Crippen LogP contribution in [0.5, 0.6) is 11.6 Å². The zero-order chi connectivity index (χ0) is 30.2. The molecule has 3 heterocycles. The quantitative estimate of drug-likeness (QED) is 0.274. The number of methoxy groups -OCH3 is 1. The summed E-state index contributed by atoms with van der Waals surface area (Å²) in [5, 5.41) is 9.78. The summed E-state index contributed by atoms with van der Waals surface area (Å²) in [6.07, 6.45) is 8.52. The van der Waals surface area contributed by atoms with Crippen molar-refractivity contribution in [2.24, 2.45) is 11.8 Å². The molecule has 1 saturated heterocycles. The maximum Gasteiger partial charge on any atom is 0.306 e. The summed E-state index contributed by atoms with van der Waals surface area (Å²) < 4.78 is 27.2. The van der Waals surface area contributed by atoms with Gasteiger partial charge in [-0.15, -0.1) is 0 Å². The minimum Gasteiger partial charge on any atom is -0.485 e. The number of halogens is 1. The maximum atomic E-state index is 15.2. The molecule has 6 rings (SSSR count). The van der Waals surface area contributed by atoms with Gasteiger partial charge in [0.25, 0.3) is 0 Å². The Hall–Kier alpha value is -3.45. The molecule has 2 aromatic carbocycles. The van der Waals surface area contributed by atoms with E-state index in [4.69, 9.17) is 9.47 Å². The molecule has 0 bridgehead atoms. The van der Waals surface area contributed by atoms with Crippen LogP contribution in [0, 0.1) is 17.7 Å². The minimum atomic E-state index is -0.748. The van der Waals surface area contributed by atoms with E-state index in [0.717, 1.165) is 78.6 Å². The number of piperidine rings is 1. The number of benzene rings is 2. The van der Waals surface area contributed by atoms with Crippen molar-refractivity contribution in [2.45, 2.75) is 96.4 Å². The zero-order valence-corrected chi connectivity index (χ0v) is 25.7. The first kappa shape index (κ1) is 29.6. The lowest BCUT2D eigenvalue weighted by molar-refractivity contribution is -0.142. The lowest BCUT2D eigenvalue weighted by Crippen LogP contribution is -2.43. The summed E-state index contributed by atoms with van der Waals surface area (Å²) in [4.78, 5) is 18.5. The van der Waals surface area contributed by atoms with Crippen molar-refractivity contribution in [3.8, 4) is 22.8 Å². The van der Waals surface area contributed by atoms with E-state index in [1.54, 1.807) is 13.2 Å². The summed E-state index contributed by atoms with van der Waals surface area (Å²) in [5.41, 5.74) is 5.70. The van der Waals surface area contributed by atoms with Crippen LogP contribution in [0.1, 0.15) is 93.6 Å². The summed E-state index contributed by atoms with van der Waals surface area (Å²) >= 11 is 0. The zero-order valence-electron chi connectivity index (χ0n) is 25.7. The summed E-state index contributed by atoms with van der Waals surface area (Å²) in [7, 11) is 1.55. The van der Waals surface area contributed by atoms with E-state index in [9.17, 15) is 9.90 Å². The number of carbonyl (C=O) groups is 1. The van der Waals surface area contributed by atoms with Crippen molar-refractivity contribution in [3.63, 3.8) is 0 Å². The molecule has 1 N–H and O–H groups in total. The van der Waals surface area contributed by atoms with Gasteiger partial charge >= 0.3 is 5.97 Å². The lowest BCUT2D eigenvalue weighted by atomic mass is 9.82. The molecule has 1 aromatic heterocycles. The van der Waals surface area contributed by atoms with E-state index >= 15 is 4.39 Å². The number of carboxylic acid groups (broad SMARTS) is 1. The van der Waals surface area contributed by atoms with Gasteiger partial charge in [0.1, 0.15) is 17.7 Å². The Bertz CT molecular complexity index is 1480. The predicted molar refractivity (Wildman–Crippen MR) is 165 cm³/mol. The molecule has 2 aliphatic heterocycles. The van der Waals surface area contributed by atoms with E-state index in [-0.39, 0.29) is 17.8 Å². The third-order valence-electron chi connectivity index (χ3n) is 10.0. The maximum absolute atomic E-state index is 15.2. The number of hydrogen-bond donors (Lipinski definition) is 1. The summed E-state index contributed by atoms with van der Waals surface area (Å²) in [6.45, 7) is 7.12. The van der Waals surface area contributed by atoms with Crippen LogP contribution >= 0.6 is 0 Å². The number of aromatic nitrogens is 1. The highest BCUT2D eigenvalue weighted by molar-refractivity contribution is 5.71. The third kappa shape index (κ3) is 6.14. The second-order valence-electron chi connectivity index (χ2n) is 12.9. The number of aliphatic carboxylic acids is 1. The standard InChI is InChI=1S/C36H43FN2O4/c1-21-6-5-7-22(2)39(21)20-28-16-26(12-14-29(28)30-18-34(42-4)38-19-31(30)37)32-15-13-24-8-11-27(17-33(24)43-32)35(25-9-10-25)23(3)36(40)41/h8,11-12,14,16-19,21-23,25,32,35H,5-7,9-10,13,15,20H2,1-4H3,(H,40,41)/t21-,22-,23+,32?,35+/m1/s1. The molecule has 2 fully saturated rings. The molecule has 228 valence electrons. The van der Waals surface area contributed by atoms with Gasteiger partial charge in [0.2, 0.25) is 5.88 Å². The summed E-state index contributed by atoms with van der Waals surface area (Å²) in [6, 6.07) is 15.2. The van der Waals surface area contributed by atoms with E-state index in [1.807, 2.05) is 13.0 Å². The van der Waals surface area contributed by atoms with Crippen molar-refractivity contribution in [1.29, 1.82) is 0 Å². The van der Waals surface area contributed by atoms with Crippen molar-refractivity contribution in [3.05, 3.63) is 76.7 Å². The highest BCUT2D eigenvalue weighted by atomic mass is 19.1. The molecule has 1 saturated carbocycles. The average molecular weight is 587 g/mol. The van der Waals surface area contributed by atoms with Gasteiger partial charge in [0.05, 0.1) is 19.2 Å². The monoisotopic (exact) mass is 586 g/mol. The number of hydrogen-bond acceptors (Lipinski definition) is 5. The molecule has 5 atom stereocenters. The SMILES string of the molecule is COc1cc(-c2ccc(C3CCc4ccc([C@H](C5CC5)[C@H](C)C(=O)O)cc4O3)cc2CN2[C@H](C)CCC[C@H]2C)c(F)cn1. The highest BCUT2D eigenvalue weighted by Gasteiger charge is 2.39. The van der Waals surface area contributed by atoms with E-state index in [2.05, 4.69) is 54.1 Å². The van der Waals surface area contributed by atoms with Crippen molar-refractivity contribution >= 4 is 5.97 Å². The van der Waals surface area contributed by atoms with Gasteiger partial charge in [0.15, 0.2) is 0 Å². The number of fused-ring (bicyclic) bond motifs is 1. The van der Waals surface area contributed by atoms with E-state index in [1.165, 1.54) is 12.6 Å². The van der Waals surface area contributed by atoms with Gasteiger partial charge in [-0.3, -0.25) is 9.69 Å². The Kier molecular flexibility index (Phi) is 8.45. The van der Waals surface area contributed by atoms with Crippen LogP contribution < -0.4 is 9.47 Å². The smallest absolute Gasteiger partial charge is 0.306 e. The van der Waals surface area contributed by atoms with Crippen LogP contribution in [-0.4, -0.2) is 40.2 Å². The number of nitrogens with zero attached hydrogens (tertiary/aromatic N) is 2. The number of pyridine rings is 1. The number of rotatable bonds is 9. The van der Waals surface area contributed by atoms with Crippen LogP contribution in [0.2, 0.25) is 0 Å². The van der Waals surface area contributed by atoms with Crippen LogP contribution in [0.4, 0.5) is 4.39 Å². The van der Waals surface area contributed by atoms with Crippen LogP contribution in [0.3, 0.4) is 0 Å². The van der Waals surface area contributed by atoms with Crippen molar-refractivity contribution in [2.75, 3.05) is 7.11 Å². The van der Waals surface area contributed by atoms with E-state index < -0.39 is 11.9 Å². The van der Waals surface area contributed by atoms with Gasteiger partial charge < -0.3 is 14.6 Å². The minimum absolute atomic E-state index is 0.00145. The van der Waals surface area contributed by atoms with Gasteiger partial charge in [-0.2, -0.15) is 0 Å². The number of likely N-dealkylation sites (tertiary alicyclic amines) is 1. The van der Waals surface area contributed by atoms with Crippen molar-refractivity contribution < 1.29 is 23.8 Å². The van der Waals surface area contributed by atoms with Gasteiger partial charge in [-0.1, -0.05) is 43.7 Å². The Labute approximate surface area is 254 Å². The first-order valence-electron chi connectivity index (χ1n) is 15.8. The first-order valence-corrected chi connectivity index (χ1v) is 15.8. The molecule has 3 aromatic rings. The average Bonchev–Trinajstić information content (AvgIpc) is 3.84. The topological polar surface area (TPSA) is 71.9 Å². The second-order valence-corrected chi connectivity index (χ2v) is 12.9. The molecule has 0 radical (unpaired) electrons. The van der Waals surface area contributed by atoms with Crippen molar-refractivity contribution in [1.82, 2.24) is 9.88 Å². The fourth-order valence-corrected chi connectivity index (χ4v) is 7.33. The fraction of sp³-hybridized carbons (Fsp3) is 0.500. The summed E-state index contributed by atoms with van der Waals surface area (Å²) in [5.74, 6) is 0.102. The number of ether oxygens (including phenoxy) is 2.